The van der Waals surface area contributed by atoms with Crippen LogP contribution in [0, 0.1) is 12.8 Å². The van der Waals surface area contributed by atoms with Gasteiger partial charge in [-0.25, -0.2) is 4.98 Å². The number of rotatable bonds is 3. The predicted molar refractivity (Wildman–Crippen MR) is 83.7 cm³/mol. The quantitative estimate of drug-likeness (QED) is 0.938. The molecule has 1 aromatic carbocycles. The molecule has 1 amide bonds. The van der Waals surface area contributed by atoms with E-state index in [9.17, 15) is 4.79 Å². The highest BCUT2D eigenvalue weighted by Gasteiger charge is 2.46. The second-order valence-corrected chi connectivity index (χ2v) is 6.28. The van der Waals surface area contributed by atoms with Crippen molar-refractivity contribution in [2.45, 2.75) is 25.4 Å². The van der Waals surface area contributed by atoms with E-state index >= 15 is 0 Å². The van der Waals surface area contributed by atoms with Gasteiger partial charge in [0.15, 0.2) is 5.82 Å². The molecule has 2 aromatic rings. The summed E-state index contributed by atoms with van der Waals surface area (Å²) in [5.41, 5.74) is 1.26. The average Bonchev–Trinajstić information content (AvgIpc) is 3.29. The molecule has 1 aliphatic heterocycles. The maximum atomic E-state index is 12.7. The van der Waals surface area contributed by atoms with Crippen molar-refractivity contribution in [1.82, 2.24) is 20.1 Å². The van der Waals surface area contributed by atoms with E-state index in [0.29, 0.717) is 31.4 Å². The molecule has 1 aliphatic carbocycles. The van der Waals surface area contributed by atoms with Gasteiger partial charge in [0.05, 0.1) is 13.2 Å². The Morgan fingerprint density at radius 1 is 1.35 bits per heavy atom. The van der Waals surface area contributed by atoms with Crippen LogP contribution in [0.2, 0.25) is 0 Å². The van der Waals surface area contributed by atoms with Crippen LogP contribution in [-0.2, 0) is 9.53 Å². The Morgan fingerprint density at radius 2 is 2.17 bits per heavy atom. The first-order valence-corrected chi connectivity index (χ1v) is 8.06. The van der Waals surface area contributed by atoms with Gasteiger partial charge in [-0.2, -0.15) is 5.10 Å². The molecule has 3 unspecified atom stereocenters. The van der Waals surface area contributed by atoms with Crippen molar-refractivity contribution in [1.29, 1.82) is 0 Å². The van der Waals surface area contributed by atoms with Crippen LogP contribution in [-0.4, -0.2) is 45.7 Å². The number of aryl methyl sites for hydroxylation is 1. The Balaban J connectivity index is 1.41. The van der Waals surface area contributed by atoms with Gasteiger partial charge in [-0.05, 0) is 24.8 Å². The smallest absolute Gasteiger partial charge is 0.226 e. The van der Waals surface area contributed by atoms with Crippen molar-refractivity contribution in [3.8, 4) is 0 Å². The zero-order valence-electron chi connectivity index (χ0n) is 13.1. The second kappa shape index (κ2) is 5.77. The Hall–Kier alpha value is -2.21. The number of carbonyl (C=O) groups excluding carboxylic acids is 1. The number of nitrogens with zero attached hydrogens (tertiary/aromatic N) is 3. The second-order valence-electron chi connectivity index (χ2n) is 6.28. The summed E-state index contributed by atoms with van der Waals surface area (Å²) in [7, 11) is 0. The lowest BCUT2D eigenvalue weighted by Crippen LogP contribution is -2.43. The minimum Gasteiger partial charge on any atom is -0.366 e. The molecule has 2 fully saturated rings. The van der Waals surface area contributed by atoms with Crippen LogP contribution in [0.5, 0.6) is 0 Å². The molecule has 3 atom stereocenters. The van der Waals surface area contributed by atoms with E-state index in [1.807, 2.05) is 30.0 Å². The molecule has 2 heterocycles. The van der Waals surface area contributed by atoms with Gasteiger partial charge in [0, 0.05) is 12.5 Å². The number of benzene rings is 1. The van der Waals surface area contributed by atoms with Gasteiger partial charge >= 0.3 is 0 Å². The van der Waals surface area contributed by atoms with Crippen LogP contribution < -0.4 is 0 Å². The SMILES string of the molecule is Cc1nc(C2CN(C(=O)C3CC3c3ccccc3)CCO2)n[nH]1. The largest absolute Gasteiger partial charge is 0.366 e. The van der Waals surface area contributed by atoms with Gasteiger partial charge in [0.1, 0.15) is 11.9 Å². The first kappa shape index (κ1) is 14.4. The molecule has 0 radical (unpaired) electrons. The Bertz CT molecular complexity index is 700. The molecule has 0 spiro atoms. The summed E-state index contributed by atoms with van der Waals surface area (Å²) < 4.78 is 5.73. The zero-order chi connectivity index (χ0) is 15.8. The number of hydrogen-bond donors (Lipinski definition) is 1. The van der Waals surface area contributed by atoms with Crippen LogP contribution in [0.1, 0.15) is 35.7 Å². The van der Waals surface area contributed by atoms with Crippen LogP contribution >= 0.6 is 0 Å². The molecule has 2 aliphatic rings. The summed E-state index contributed by atoms with van der Waals surface area (Å²) in [6, 6.07) is 10.3. The van der Waals surface area contributed by atoms with E-state index in [1.54, 1.807) is 0 Å². The van der Waals surface area contributed by atoms with Crippen molar-refractivity contribution in [2.24, 2.45) is 5.92 Å². The average molecular weight is 312 g/mol. The highest BCUT2D eigenvalue weighted by Crippen LogP contribution is 2.48. The van der Waals surface area contributed by atoms with E-state index in [4.69, 9.17) is 4.74 Å². The normalized spacial score (nSPS) is 27.0. The topological polar surface area (TPSA) is 71.1 Å². The predicted octanol–water partition coefficient (Wildman–Crippen LogP) is 1.82. The fraction of sp³-hybridized carbons (Fsp3) is 0.471. The van der Waals surface area contributed by atoms with Crippen LogP contribution in [0.4, 0.5) is 0 Å². The molecular formula is C17H20N4O2. The third-order valence-corrected chi connectivity index (χ3v) is 4.62. The van der Waals surface area contributed by atoms with Crippen molar-refractivity contribution < 1.29 is 9.53 Å². The Labute approximate surface area is 134 Å². The number of amides is 1. The van der Waals surface area contributed by atoms with Crippen molar-refractivity contribution in [3.63, 3.8) is 0 Å². The highest BCUT2D eigenvalue weighted by atomic mass is 16.5. The number of carbonyl (C=O) groups is 1. The van der Waals surface area contributed by atoms with E-state index < -0.39 is 0 Å². The Morgan fingerprint density at radius 3 is 2.91 bits per heavy atom. The fourth-order valence-corrected chi connectivity index (χ4v) is 3.28. The molecule has 0 bridgehead atoms. The summed E-state index contributed by atoms with van der Waals surface area (Å²) in [5, 5.41) is 6.99. The molecule has 6 heteroatoms. The number of H-pyrrole nitrogens is 1. The lowest BCUT2D eigenvalue weighted by molar-refractivity contribution is -0.140. The minimum atomic E-state index is -0.230. The molecule has 120 valence electrons. The van der Waals surface area contributed by atoms with E-state index in [0.717, 1.165) is 12.2 Å². The van der Waals surface area contributed by atoms with Gasteiger partial charge in [0.25, 0.3) is 0 Å². The first-order chi connectivity index (χ1) is 11.2. The maximum absolute atomic E-state index is 12.7. The number of aromatic amines is 1. The monoisotopic (exact) mass is 312 g/mol. The molecule has 1 aromatic heterocycles. The Kier molecular flexibility index (Phi) is 3.61. The van der Waals surface area contributed by atoms with Gasteiger partial charge in [0.2, 0.25) is 5.91 Å². The van der Waals surface area contributed by atoms with E-state index in [1.165, 1.54) is 5.56 Å². The van der Waals surface area contributed by atoms with E-state index in [2.05, 4.69) is 27.3 Å². The van der Waals surface area contributed by atoms with Crippen LogP contribution in [0.3, 0.4) is 0 Å². The molecule has 23 heavy (non-hydrogen) atoms. The summed E-state index contributed by atoms with van der Waals surface area (Å²) in [4.78, 5) is 19.0. The van der Waals surface area contributed by atoms with Gasteiger partial charge in [-0.1, -0.05) is 30.3 Å². The van der Waals surface area contributed by atoms with Gasteiger partial charge < -0.3 is 9.64 Å². The van der Waals surface area contributed by atoms with Gasteiger partial charge in [-0.15, -0.1) is 0 Å². The van der Waals surface area contributed by atoms with Crippen molar-refractivity contribution >= 4 is 5.91 Å². The lowest BCUT2D eigenvalue weighted by atomic mass is 10.1. The third kappa shape index (κ3) is 2.86. The number of aromatic nitrogens is 3. The van der Waals surface area contributed by atoms with Crippen LogP contribution in [0.25, 0.3) is 0 Å². The molecular weight excluding hydrogens is 292 g/mol. The van der Waals surface area contributed by atoms with Gasteiger partial charge in [-0.3, -0.25) is 9.89 Å². The zero-order valence-corrected chi connectivity index (χ0v) is 13.1. The summed E-state index contributed by atoms with van der Waals surface area (Å²) in [6.45, 7) is 3.58. The third-order valence-electron chi connectivity index (χ3n) is 4.62. The van der Waals surface area contributed by atoms with Crippen molar-refractivity contribution in [3.05, 3.63) is 47.5 Å². The number of nitrogens with one attached hydrogen (secondary N) is 1. The van der Waals surface area contributed by atoms with E-state index in [-0.39, 0.29) is 17.9 Å². The number of morpholine rings is 1. The summed E-state index contributed by atoms with van der Waals surface area (Å²) >= 11 is 0. The van der Waals surface area contributed by atoms with Crippen molar-refractivity contribution in [2.75, 3.05) is 19.7 Å². The fourth-order valence-electron chi connectivity index (χ4n) is 3.28. The lowest BCUT2D eigenvalue weighted by Gasteiger charge is -2.31. The summed E-state index contributed by atoms with van der Waals surface area (Å²) in [6.07, 6.45) is 0.719. The maximum Gasteiger partial charge on any atom is 0.226 e. The molecule has 1 saturated carbocycles. The standard InChI is InChI=1S/C17H20N4O2/c1-11-18-16(20-19-11)15-10-21(7-8-23-15)17(22)14-9-13(14)12-5-3-2-4-6-12/h2-6,13-15H,7-10H2,1H3,(H,18,19,20). The minimum absolute atomic E-state index is 0.116. The molecule has 4 rings (SSSR count). The van der Waals surface area contributed by atoms with Crippen LogP contribution in [0.15, 0.2) is 30.3 Å². The highest BCUT2D eigenvalue weighted by molar-refractivity contribution is 5.83. The molecule has 6 nitrogen and oxygen atoms in total. The number of ether oxygens (including phenoxy) is 1. The summed E-state index contributed by atoms with van der Waals surface area (Å²) in [5.74, 6) is 2.12. The first-order valence-electron chi connectivity index (χ1n) is 8.06. The molecule has 1 saturated heterocycles. The number of hydrogen-bond acceptors (Lipinski definition) is 4. The molecule has 1 N–H and O–H groups in total.